The number of nitrogens with zero attached hydrogens (tertiary/aromatic N) is 1. The molecule has 2 N–H and O–H groups in total. The molecule has 1 aromatic rings. The Balaban J connectivity index is 2.71. The second-order valence-corrected chi connectivity index (χ2v) is 2.21. The molecule has 0 aliphatic rings. The number of aliphatic hydroxyl groups excluding tert-OH is 1. The van der Waals surface area contributed by atoms with Crippen LogP contribution in [0.4, 0.5) is 0 Å². The fourth-order valence-corrected chi connectivity index (χ4v) is 0.717. The second kappa shape index (κ2) is 4.37. The van der Waals surface area contributed by atoms with Crippen molar-refractivity contribution in [1.82, 2.24) is 4.98 Å². The Morgan fingerprint density at radius 2 is 2.25 bits per heavy atom. The molecule has 1 aromatic heterocycles. The number of rotatable bonds is 1. The van der Waals surface area contributed by atoms with E-state index in [4.69, 9.17) is 10.2 Å². The van der Waals surface area contributed by atoms with Gasteiger partial charge in [-0.25, -0.2) is 0 Å². The lowest BCUT2D eigenvalue weighted by molar-refractivity contribution is 0.305. The molecule has 0 aliphatic heterocycles. The highest BCUT2D eigenvalue weighted by Crippen LogP contribution is 2.06. The summed E-state index contributed by atoms with van der Waals surface area (Å²) < 4.78 is 0. The molecule has 12 heavy (non-hydrogen) atoms. The molecule has 1 rings (SSSR count). The van der Waals surface area contributed by atoms with E-state index >= 15 is 0 Å². The van der Waals surface area contributed by atoms with Crippen LogP contribution in [0.3, 0.4) is 0 Å². The third kappa shape index (κ3) is 2.60. The van der Waals surface area contributed by atoms with Crippen LogP contribution in [0.2, 0.25) is 0 Å². The summed E-state index contributed by atoms with van der Waals surface area (Å²) in [5, 5.41) is 17.4. The molecule has 0 amide bonds. The van der Waals surface area contributed by atoms with Crippen LogP contribution in [0, 0.1) is 11.8 Å². The molecule has 0 aliphatic carbocycles. The predicted molar refractivity (Wildman–Crippen MR) is 44.5 cm³/mol. The van der Waals surface area contributed by atoms with Gasteiger partial charge in [-0.3, -0.25) is 4.98 Å². The SMILES string of the molecule is OCCC#Cc1cncc(O)c1. The van der Waals surface area contributed by atoms with Gasteiger partial charge in [0, 0.05) is 18.2 Å². The van der Waals surface area contributed by atoms with E-state index in [9.17, 15) is 0 Å². The number of aromatic nitrogens is 1. The number of hydrogen-bond donors (Lipinski definition) is 2. The zero-order valence-electron chi connectivity index (χ0n) is 6.49. The summed E-state index contributed by atoms with van der Waals surface area (Å²) in [7, 11) is 0. The summed E-state index contributed by atoms with van der Waals surface area (Å²) in [6.45, 7) is 0.0548. The van der Waals surface area contributed by atoms with E-state index in [1.807, 2.05) is 0 Å². The van der Waals surface area contributed by atoms with Gasteiger partial charge in [0.15, 0.2) is 0 Å². The zero-order chi connectivity index (χ0) is 8.81. The van der Waals surface area contributed by atoms with Crippen LogP contribution in [0.25, 0.3) is 0 Å². The van der Waals surface area contributed by atoms with Crippen LogP contribution in [0.15, 0.2) is 18.5 Å². The molecule has 0 aromatic carbocycles. The summed E-state index contributed by atoms with van der Waals surface area (Å²) in [6, 6.07) is 1.53. The fraction of sp³-hybridized carbons (Fsp3) is 0.222. The second-order valence-electron chi connectivity index (χ2n) is 2.21. The van der Waals surface area contributed by atoms with Crippen LogP contribution in [-0.4, -0.2) is 21.8 Å². The summed E-state index contributed by atoms with van der Waals surface area (Å²) in [5.41, 5.74) is 0.656. The molecule has 0 atom stereocenters. The highest BCUT2D eigenvalue weighted by Gasteiger charge is 1.88. The quantitative estimate of drug-likeness (QED) is 0.593. The first-order valence-corrected chi connectivity index (χ1v) is 3.56. The zero-order valence-corrected chi connectivity index (χ0v) is 6.49. The molecule has 1 heterocycles. The molecular weight excluding hydrogens is 154 g/mol. The third-order valence-corrected chi connectivity index (χ3v) is 1.19. The maximum atomic E-state index is 8.99. The van der Waals surface area contributed by atoms with Gasteiger partial charge < -0.3 is 10.2 Å². The molecule has 3 heteroatoms. The van der Waals surface area contributed by atoms with Crippen molar-refractivity contribution in [2.75, 3.05) is 6.61 Å². The van der Waals surface area contributed by atoms with Gasteiger partial charge >= 0.3 is 0 Å². The summed E-state index contributed by atoms with van der Waals surface area (Å²) in [6.07, 6.45) is 3.34. The predicted octanol–water partition coefficient (Wildman–Crippen LogP) is 0.521. The first-order valence-electron chi connectivity index (χ1n) is 3.56. The van der Waals surface area contributed by atoms with E-state index in [1.54, 1.807) is 6.20 Å². The van der Waals surface area contributed by atoms with Crippen molar-refractivity contribution in [1.29, 1.82) is 0 Å². The van der Waals surface area contributed by atoms with Crippen molar-refractivity contribution < 1.29 is 10.2 Å². The lowest BCUT2D eigenvalue weighted by Gasteiger charge is -1.90. The Labute approximate surface area is 70.7 Å². The Morgan fingerprint density at radius 1 is 1.42 bits per heavy atom. The Bertz CT molecular complexity index is 312. The molecule has 0 radical (unpaired) electrons. The van der Waals surface area contributed by atoms with E-state index < -0.39 is 0 Å². The van der Waals surface area contributed by atoms with Crippen LogP contribution in [-0.2, 0) is 0 Å². The molecule has 0 fully saturated rings. The van der Waals surface area contributed by atoms with E-state index in [1.165, 1.54) is 12.3 Å². The normalized spacial score (nSPS) is 8.75. The standard InChI is InChI=1S/C9H9NO2/c11-4-2-1-3-8-5-9(12)7-10-6-8/h5-7,11-12H,2,4H2. The first kappa shape index (κ1) is 8.57. The molecule has 0 saturated carbocycles. The minimum atomic E-state index is 0.0548. The van der Waals surface area contributed by atoms with E-state index in [2.05, 4.69) is 16.8 Å². The number of hydrogen-bond acceptors (Lipinski definition) is 3. The number of aromatic hydroxyl groups is 1. The van der Waals surface area contributed by atoms with Gasteiger partial charge in [0.05, 0.1) is 12.8 Å². The highest BCUT2D eigenvalue weighted by atomic mass is 16.3. The maximum absolute atomic E-state index is 8.99. The van der Waals surface area contributed by atoms with Crippen molar-refractivity contribution in [3.8, 4) is 17.6 Å². The Kier molecular flexibility index (Phi) is 3.12. The van der Waals surface area contributed by atoms with Gasteiger partial charge in [-0.05, 0) is 6.07 Å². The van der Waals surface area contributed by atoms with E-state index in [0.29, 0.717) is 12.0 Å². The van der Waals surface area contributed by atoms with Crippen molar-refractivity contribution >= 4 is 0 Å². The number of pyridine rings is 1. The third-order valence-electron chi connectivity index (χ3n) is 1.19. The largest absolute Gasteiger partial charge is 0.506 e. The van der Waals surface area contributed by atoms with Gasteiger partial charge in [-0.2, -0.15) is 0 Å². The summed E-state index contributed by atoms with van der Waals surface area (Å²) in [4.78, 5) is 3.75. The molecular formula is C9H9NO2. The van der Waals surface area contributed by atoms with Gasteiger partial charge in [0.25, 0.3) is 0 Å². The summed E-state index contributed by atoms with van der Waals surface area (Å²) in [5.74, 6) is 5.58. The van der Waals surface area contributed by atoms with Gasteiger partial charge in [0.2, 0.25) is 0 Å². The smallest absolute Gasteiger partial charge is 0.135 e. The highest BCUT2D eigenvalue weighted by molar-refractivity contribution is 5.35. The molecule has 0 saturated heterocycles. The topological polar surface area (TPSA) is 53.4 Å². The first-order chi connectivity index (χ1) is 5.83. The van der Waals surface area contributed by atoms with Crippen molar-refractivity contribution in [3.63, 3.8) is 0 Å². The van der Waals surface area contributed by atoms with E-state index in [0.717, 1.165) is 0 Å². The van der Waals surface area contributed by atoms with Gasteiger partial charge in [-0.15, -0.1) is 0 Å². The summed E-state index contributed by atoms with van der Waals surface area (Å²) >= 11 is 0. The monoisotopic (exact) mass is 163 g/mol. The Morgan fingerprint density at radius 3 is 2.92 bits per heavy atom. The molecule has 0 bridgehead atoms. The van der Waals surface area contributed by atoms with Crippen LogP contribution in [0.5, 0.6) is 5.75 Å². The molecule has 3 nitrogen and oxygen atoms in total. The lowest BCUT2D eigenvalue weighted by Crippen LogP contribution is -1.79. The Hall–Kier alpha value is -1.53. The molecule has 62 valence electrons. The van der Waals surface area contributed by atoms with Gasteiger partial charge in [0.1, 0.15) is 5.75 Å². The van der Waals surface area contributed by atoms with Crippen molar-refractivity contribution in [2.24, 2.45) is 0 Å². The van der Waals surface area contributed by atoms with E-state index in [-0.39, 0.29) is 12.4 Å². The minimum absolute atomic E-state index is 0.0548. The average Bonchev–Trinajstić information content (AvgIpc) is 2.05. The van der Waals surface area contributed by atoms with Crippen LogP contribution < -0.4 is 0 Å². The molecule has 0 unspecified atom stereocenters. The van der Waals surface area contributed by atoms with Crippen LogP contribution >= 0.6 is 0 Å². The molecule has 0 spiro atoms. The van der Waals surface area contributed by atoms with Crippen LogP contribution in [0.1, 0.15) is 12.0 Å². The van der Waals surface area contributed by atoms with Gasteiger partial charge in [-0.1, -0.05) is 11.8 Å². The van der Waals surface area contributed by atoms with Crippen molar-refractivity contribution in [2.45, 2.75) is 6.42 Å². The van der Waals surface area contributed by atoms with Crippen molar-refractivity contribution in [3.05, 3.63) is 24.0 Å². The minimum Gasteiger partial charge on any atom is -0.506 e. The average molecular weight is 163 g/mol. The number of aliphatic hydroxyl groups is 1. The lowest BCUT2D eigenvalue weighted by atomic mass is 10.3. The fourth-order valence-electron chi connectivity index (χ4n) is 0.717. The maximum Gasteiger partial charge on any atom is 0.135 e.